The van der Waals surface area contributed by atoms with Crippen LogP contribution in [0.4, 0.5) is 5.95 Å². The van der Waals surface area contributed by atoms with Gasteiger partial charge in [0.15, 0.2) is 0 Å². The number of aromatic nitrogens is 2. The van der Waals surface area contributed by atoms with E-state index in [4.69, 9.17) is 10.00 Å². The SMILES string of the molecule is Cc1cc(C#N)nc(NCC2CN3CCCC3CO2)n1. The van der Waals surface area contributed by atoms with Gasteiger partial charge >= 0.3 is 0 Å². The van der Waals surface area contributed by atoms with E-state index in [1.807, 2.05) is 13.0 Å². The van der Waals surface area contributed by atoms with Crippen LogP contribution >= 0.6 is 0 Å². The third kappa shape index (κ3) is 2.89. The summed E-state index contributed by atoms with van der Waals surface area (Å²) in [6, 6.07) is 4.34. The molecule has 2 aliphatic rings. The van der Waals surface area contributed by atoms with Crippen LogP contribution in [0.25, 0.3) is 0 Å². The van der Waals surface area contributed by atoms with Crippen LogP contribution in [-0.2, 0) is 4.74 Å². The molecule has 106 valence electrons. The normalized spacial score (nSPS) is 26.0. The third-order valence-electron chi connectivity index (χ3n) is 3.92. The van der Waals surface area contributed by atoms with Crippen molar-refractivity contribution in [3.63, 3.8) is 0 Å². The van der Waals surface area contributed by atoms with Crippen molar-refractivity contribution in [2.24, 2.45) is 0 Å². The highest BCUT2D eigenvalue weighted by Crippen LogP contribution is 2.22. The van der Waals surface area contributed by atoms with Crippen molar-refractivity contribution < 1.29 is 4.74 Å². The number of nitrogens with one attached hydrogen (secondary N) is 1. The van der Waals surface area contributed by atoms with E-state index < -0.39 is 0 Å². The summed E-state index contributed by atoms with van der Waals surface area (Å²) in [5.74, 6) is 0.508. The summed E-state index contributed by atoms with van der Waals surface area (Å²) >= 11 is 0. The summed E-state index contributed by atoms with van der Waals surface area (Å²) in [5.41, 5.74) is 1.19. The molecule has 2 unspecified atom stereocenters. The maximum Gasteiger partial charge on any atom is 0.224 e. The van der Waals surface area contributed by atoms with Crippen molar-refractivity contribution in [2.75, 3.05) is 31.6 Å². The monoisotopic (exact) mass is 273 g/mol. The van der Waals surface area contributed by atoms with Crippen molar-refractivity contribution in [1.29, 1.82) is 5.26 Å². The van der Waals surface area contributed by atoms with E-state index in [0.717, 1.165) is 18.8 Å². The van der Waals surface area contributed by atoms with E-state index in [-0.39, 0.29) is 6.10 Å². The van der Waals surface area contributed by atoms with Gasteiger partial charge in [0.05, 0.1) is 12.7 Å². The predicted molar refractivity (Wildman–Crippen MR) is 74.3 cm³/mol. The zero-order chi connectivity index (χ0) is 13.9. The fourth-order valence-electron chi connectivity index (χ4n) is 2.92. The number of ether oxygens (including phenoxy) is 1. The Labute approximate surface area is 118 Å². The Hall–Kier alpha value is -1.71. The van der Waals surface area contributed by atoms with Gasteiger partial charge in [-0.15, -0.1) is 0 Å². The first-order valence-corrected chi connectivity index (χ1v) is 7.10. The van der Waals surface area contributed by atoms with Gasteiger partial charge in [-0.05, 0) is 32.4 Å². The number of hydrogen-bond acceptors (Lipinski definition) is 6. The molecule has 1 aromatic heterocycles. The minimum atomic E-state index is 0.166. The van der Waals surface area contributed by atoms with Crippen molar-refractivity contribution >= 4 is 5.95 Å². The molecule has 1 aromatic rings. The van der Waals surface area contributed by atoms with Gasteiger partial charge in [-0.25, -0.2) is 9.97 Å². The molecule has 2 saturated heterocycles. The molecule has 1 N–H and O–H groups in total. The lowest BCUT2D eigenvalue weighted by Crippen LogP contribution is -2.48. The maximum absolute atomic E-state index is 8.91. The third-order valence-corrected chi connectivity index (χ3v) is 3.92. The maximum atomic E-state index is 8.91. The average molecular weight is 273 g/mol. The van der Waals surface area contributed by atoms with Crippen LogP contribution in [-0.4, -0.2) is 53.3 Å². The fourth-order valence-corrected chi connectivity index (χ4v) is 2.92. The first-order valence-electron chi connectivity index (χ1n) is 7.10. The second-order valence-electron chi connectivity index (χ2n) is 5.46. The van der Waals surface area contributed by atoms with Crippen LogP contribution in [0.1, 0.15) is 24.2 Å². The molecule has 3 heterocycles. The summed E-state index contributed by atoms with van der Waals surface area (Å²) in [5, 5.41) is 12.1. The van der Waals surface area contributed by atoms with Crippen LogP contribution in [0.5, 0.6) is 0 Å². The van der Waals surface area contributed by atoms with E-state index in [1.54, 1.807) is 6.07 Å². The van der Waals surface area contributed by atoms with Gasteiger partial charge in [0, 0.05) is 24.8 Å². The lowest BCUT2D eigenvalue weighted by molar-refractivity contribution is -0.0416. The molecule has 0 saturated carbocycles. The van der Waals surface area contributed by atoms with Crippen LogP contribution in [0, 0.1) is 18.3 Å². The number of aryl methyl sites for hydroxylation is 1. The van der Waals surface area contributed by atoms with E-state index in [2.05, 4.69) is 20.2 Å². The Bertz CT molecular complexity index is 527. The van der Waals surface area contributed by atoms with Crippen LogP contribution < -0.4 is 5.32 Å². The van der Waals surface area contributed by atoms with Gasteiger partial charge < -0.3 is 10.1 Å². The van der Waals surface area contributed by atoms with Gasteiger partial charge in [-0.1, -0.05) is 0 Å². The van der Waals surface area contributed by atoms with Gasteiger partial charge in [-0.2, -0.15) is 5.26 Å². The molecule has 6 nitrogen and oxygen atoms in total. The summed E-state index contributed by atoms with van der Waals surface area (Å²) in [6.07, 6.45) is 2.70. The minimum Gasteiger partial charge on any atom is -0.373 e. The number of hydrogen-bond donors (Lipinski definition) is 1. The molecule has 3 rings (SSSR count). The van der Waals surface area contributed by atoms with Gasteiger partial charge in [-0.3, -0.25) is 4.90 Å². The lowest BCUT2D eigenvalue weighted by atomic mass is 10.2. The molecule has 0 bridgehead atoms. The molecule has 0 radical (unpaired) electrons. The number of morpholine rings is 1. The molecule has 2 aliphatic heterocycles. The molecule has 20 heavy (non-hydrogen) atoms. The molecular weight excluding hydrogens is 254 g/mol. The molecule has 6 heteroatoms. The second-order valence-corrected chi connectivity index (χ2v) is 5.46. The second kappa shape index (κ2) is 5.73. The highest BCUT2D eigenvalue weighted by molar-refractivity contribution is 5.33. The molecule has 0 aromatic carbocycles. The largest absolute Gasteiger partial charge is 0.373 e. The average Bonchev–Trinajstić information content (AvgIpc) is 2.92. The number of rotatable bonds is 3. The van der Waals surface area contributed by atoms with E-state index in [0.29, 0.717) is 24.2 Å². The number of nitrogens with zero attached hydrogens (tertiary/aromatic N) is 4. The minimum absolute atomic E-state index is 0.166. The smallest absolute Gasteiger partial charge is 0.224 e. The van der Waals surface area contributed by atoms with Crippen LogP contribution in [0.2, 0.25) is 0 Å². The van der Waals surface area contributed by atoms with Crippen molar-refractivity contribution in [1.82, 2.24) is 14.9 Å². The highest BCUT2D eigenvalue weighted by Gasteiger charge is 2.32. The summed E-state index contributed by atoms with van der Waals surface area (Å²) in [6.45, 7) is 5.51. The molecule has 2 fully saturated rings. The van der Waals surface area contributed by atoms with Crippen molar-refractivity contribution in [3.8, 4) is 6.07 Å². The van der Waals surface area contributed by atoms with Gasteiger partial charge in [0.25, 0.3) is 0 Å². The van der Waals surface area contributed by atoms with Gasteiger partial charge in [0.1, 0.15) is 11.8 Å². The molecule has 2 atom stereocenters. The molecule has 0 aliphatic carbocycles. The number of fused-ring (bicyclic) bond motifs is 1. The number of anilines is 1. The van der Waals surface area contributed by atoms with E-state index in [9.17, 15) is 0 Å². The summed E-state index contributed by atoms with van der Waals surface area (Å²) < 4.78 is 5.88. The Morgan fingerprint density at radius 2 is 2.45 bits per heavy atom. The standard InChI is InChI=1S/C14H19N5O/c1-10-5-11(6-15)18-14(17-10)16-7-13-8-19-4-2-3-12(19)9-20-13/h5,12-13H,2-4,7-9H2,1H3,(H,16,17,18). The highest BCUT2D eigenvalue weighted by atomic mass is 16.5. The van der Waals surface area contributed by atoms with Crippen molar-refractivity contribution in [2.45, 2.75) is 31.9 Å². The summed E-state index contributed by atoms with van der Waals surface area (Å²) in [7, 11) is 0. The van der Waals surface area contributed by atoms with Gasteiger partial charge in [0.2, 0.25) is 5.95 Å². The fraction of sp³-hybridized carbons (Fsp3) is 0.643. The lowest BCUT2D eigenvalue weighted by Gasteiger charge is -2.35. The first-order chi connectivity index (χ1) is 9.74. The quantitative estimate of drug-likeness (QED) is 0.883. The van der Waals surface area contributed by atoms with Crippen LogP contribution in [0.15, 0.2) is 6.07 Å². The molecule has 0 spiro atoms. The van der Waals surface area contributed by atoms with E-state index in [1.165, 1.54) is 19.4 Å². The Morgan fingerprint density at radius 3 is 3.30 bits per heavy atom. The number of nitriles is 1. The van der Waals surface area contributed by atoms with Crippen LogP contribution in [0.3, 0.4) is 0 Å². The topological polar surface area (TPSA) is 74.1 Å². The zero-order valence-corrected chi connectivity index (χ0v) is 11.7. The Morgan fingerprint density at radius 1 is 1.55 bits per heavy atom. The molecular formula is C14H19N5O. The predicted octanol–water partition coefficient (Wildman–Crippen LogP) is 0.932. The zero-order valence-electron chi connectivity index (χ0n) is 11.7. The Balaban J connectivity index is 1.57. The molecule has 0 amide bonds. The van der Waals surface area contributed by atoms with Crippen molar-refractivity contribution in [3.05, 3.63) is 17.5 Å². The summed E-state index contributed by atoms with van der Waals surface area (Å²) in [4.78, 5) is 10.9. The first kappa shape index (κ1) is 13.3. The Kier molecular flexibility index (Phi) is 3.81. The van der Waals surface area contributed by atoms with E-state index >= 15 is 0 Å².